The number of phenolic OH excluding ortho intramolecular Hbond substituents is 1. The number of piperidine rings is 1. The van der Waals surface area contributed by atoms with Crippen molar-refractivity contribution in [1.29, 1.82) is 0 Å². The molecule has 2 N–H and O–H groups in total. The minimum atomic E-state index is 0.0453. The Morgan fingerprint density at radius 2 is 2.23 bits per heavy atom. The van der Waals surface area contributed by atoms with Crippen molar-refractivity contribution in [2.24, 2.45) is 0 Å². The van der Waals surface area contributed by atoms with E-state index in [1.807, 2.05) is 0 Å². The molecule has 1 aliphatic heterocycles. The van der Waals surface area contributed by atoms with Crippen molar-refractivity contribution in [3.63, 3.8) is 0 Å². The molecule has 7 heteroatoms. The molecule has 1 fully saturated rings. The second-order valence-corrected chi connectivity index (χ2v) is 6.01. The first-order chi connectivity index (χ1) is 10.6. The van der Waals surface area contributed by atoms with Crippen molar-refractivity contribution >= 4 is 17.4 Å². The number of benzene rings is 1. The minimum Gasteiger partial charge on any atom is -0.507 e. The van der Waals surface area contributed by atoms with E-state index in [9.17, 15) is 5.11 Å². The van der Waals surface area contributed by atoms with Crippen LogP contribution < -0.4 is 5.32 Å². The lowest BCUT2D eigenvalue weighted by Gasteiger charge is -2.30. The molecule has 0 spiro atoms. The average molecular weight is 320 g/mol. The van der Waals surface area contributed by atoms with Gasteiger partial charge in [-0.1, -0.05) is 11.6 Å². The van der Waals surface area contributed by atoms with Gasteiger partial charge in [0.25, 0.3) is 0 Å². The summed E-state index contributed by atoms with van der Waals surface area (Å²) in [7, 11) is 2.12. The molecule has 0 aliphatic carbocycles. The van der Waals surface area contributed by atoms with Gasteiger partial charge in [-0.25, -0.2) is 4.98 Å². The van der Waals surface area contributed by atoms with Crippen molar-refractivity contribution in [3.8, 4) is 17.1 Å². The molecule has 1 aromatic heterocycles. The number of phenols is 1. The molecule has 2 heterocycles. The number of halogens is 1. The van der Waals surface area contributed by atoms with Gasteiger partial charge in [0.15, 0.2) is 11.6 Å². The van der Waals surface area contributed by atoms with E-state index < -0.39 is 0 Å². The van der Waals surface area contributed by atoms with Crippen LogP contribution in [-0.2, 0) is 0 Å². The van der Waals surface area contributed by atoms with Crippen LogP contribution in [0.1, 0.15) is 12.8 Å². The summed E-state index contributed by atoms with van der Waals surface area (Å²) in [4.78, 5) is 6.56. The third-order valence-corrected chi connectivity index (χ3v) is 3.97. The molecule has 0 saturated carbocycles. The van der Waals surface area contributed by atoms with Crippen LogP contribution in [0.2, 0.25) is 5.02 Å². The highest BCUT2D eigenvalue weighted by Crippen LogP contribution is 2.28. The van der Waals surface area contributed by atoms with E-state index in [1.54, 1.807) is 18.3 Å². The van der Waals surface area contributed by atoms with Crippen LogP contribution in [-0.4, -0.2) is 51.4 Å². The van der Waals surface area contributed by atoms with Crippen molar-refractivity contribution < 1.29 is 5.11 Å². The molecule has 116 valence electrons. The Labute approximate surface area is 134 Å². The molecular weight excluding hydrogens is 302 g/mol. The summed E-state index contributed by atoms with van der Waals surface area (Å²) in [6, 6.07) is 5.19. The number of likely N-dealkylation sites (N-methyl/N-ethyl adjacent to an activating group) is 1. The van der Waals surface area contributed by atoms with Crippen LogP contribution >= 0.6 is 11.6 Å². The van der Waals surface area contributed by atoms with Crippen LogP contribution in [0.4, 0.5) is 5.82 Å². The molecule has 6 nitrogen and oxygen atoms in total. The Morgan fingerprint density at radius 3 is 2.91 bits per heavy atom. The molecule has 0 radical (unpaired) electrons. The maximum absolute atomic E-state index is 9.89. The van der Waals surface area contributed by atoms with Crippen LogP contribution in [0, 0.1) is 0 Å². The molecule has 0 bridgehead atoms. The smallest absolute Gasteiger partial charge is 0.185 e. The molecule has 2 aromatic rings. The van der Waals surface area contributed by atoms with Gasteiger partial charge in [0, 0.05) is 17.6 Å². The molecular formula is C15H18ClN5O. The molecule has 22 heavy (non-hydrogen) atoms. The minimum absolute atomic E-state index is 0.0453. The van der Waals surface area contributed by atoms with E-state index in [0.29, 0.717) is 28.3 Å². The van der Waals surface area contributed by atoms with Crippen LogP contribution in [0.5, 0.6) is 5.75 Å². The van der Waals surface area contributed by atoms with Gasteiger partial charge in [-0.3, -0.25) is 0 Å². The van der Waals surface area contributed by atoms with E-state index in [1.165, 1.54) is 12.5 Å². The van der Waals surface area contributed by atoms with Crippen molar-refractivity contribution in [3.05, 3.63) is 29.4 Å². The summed E-state index contributed by atoms with van der Waals surface area (Å²) in [5.41, 5.74) is 0.515. The Bertz CT molecular complexity index is 649. The SMILES string of the molecule is CN1CCC[C@@H](Nc2cnc(-c3ccc(Cl)cc3O)nn2)C1. The Morgan fingerprint density at radius 1 is 1.36 bits per heavy atom. The normalized spacial score (nSPS) is 19.1. The summed E-state index contributed by atoms with van der Waals surface area (Å²) in [5, 5.41) is 21.9. The largest absolute Gasteiger partial charge is 0.507 e. The fourth-order valence-corrected chi connectivity index (χ4v) is 2.82. The number of likely N-dealkylation sites (tertiary alicyclic amines) is 1. The maximum atomic E-state index is 9.89. The van der Waals surface area contributed by atoms with Crippen LogP contribution in [0.15, 0.2) is 24.4 Å². The maximum Gasteiger partial charge on any atom is 0.185 e. The molecule has 1 saturated heterocycles. The van der Waals surface area contributed by atoms with E-state index >= 15 is 0 Å². The number of anilines is 1. The van der Waals surface area contributed by atoms with Gasteiger partial charge in [0.05, 0.1) is 11.8 Å². The van der Waals surface area contributed by atoms with Crippen molar-refractivity contribution in [1.82, 2.24) is 20.1 Å². The molecule has 1 atom stereocenters. The third-order valence-electron chi connectivity index (χ3n) is 3.74. The second-order valence-electron chi connectivity index (χ2n) is 5.57. The van der Waals surface area contributed by atoms with Crippen molar-refractivity contribution in [2.75, 3.05) is 25.5 Å². The third kappa shape index (κ3) is 3.45. The lowest BCUT2D eigenvalue weighted by Crippen LogP contribution is -2.39. The molecule has 0 unspecified atom stereocenters. The Hall–Kier alpha value is -1.92. The zero-order valence-corrected chi connectivity index (χ0v) is 13.1. The van der Waals surface area contributed by atoms with Crippen LogP contribution in [0.3, 0.4) is 0 Å². The monoisotopic (exact) mass is 319 g/mol. The number of aromatic nitrogens is 3. The van der Waals surface area contributed by atoms with Gasteiger partial charge in [-0.15, -0.1) is 10.2 Å². The number of nitrogens with zero attached hydrogens (tertiary/aromatic N) is 4. The van der Waals surface area contributed by atoms with E-state index in [4.69, 9.17) is 11.6 Å². The lowest BCUT2D eigenvalue weighted by atomic mass is 10.1. The highest BCUT2D eigenvalue weighted by atomic mass is 35.5. The first-order valence-electron chi connectivity index (χ1n) is 7.25. The number of hydrogen-bond acceptors (Lipinski definition) is 6. The van der Waals surface area contributed by atoms with Gasteiger partial charge < -0.3 is 15.3 Å². The summed E-state index contributed by atoms with van der Waals surface area (Å²) in [6.45, 7) is 2.12. The summed E-state index contributed by atoms with van der Waals surface area (Å²) < 4.78 is 0. The second kappa shape index (κ2) is 6.46. The fraction of sp³-hybridized carbons (Fsp3) is 0.400. The van der Waals surface area contributed by atoms with Gasteiger partial charge in [0.1, 0.15) is 5.75 Å². The standard InChI is InChI=1S/C15H18ClN5O/c1-21-6-2-3-11(9-21)18-14-8-17-15(20-19-14)12-5-4-10(16)7-13(12)22/h4-5,7-8,11,22H,2-3,6,9H2,1H3,(H,18,19)/t11-/m1/s1. The Balaban J connectivity index is 1.72. The fourth-order valence-electron chi connectivity index (χ4n) is 2.65. The van der Waals surface area contributed by atoms with E-state index in [0.717, 1.165) is 19.5 Å². The summed E-state index contributed by atoms with van der Waals surface area (Å²) in [6.07, 6.45) is 3.93. The van der Waals surface area contributed by atoms with Gasteiger partial charge in [0.2, 0.25) is 0 Å². The summed E-state index contributed by atoms with van der Waals surface area (Å²) in [5.74, 6) is 1.07. The molecule has 1 aliphatic rings. The van der Waals surface area contributed by atoms with Gasteiger partial charge in [-0.2, -0.15) is 0 Å². The molecule has 1 aromatic carbocycles. The highest BCUT2D eigenvalue weighted by molar-refractivity contribution is 6.30. The number of rotatable bonds is 3. The van der Waals surface area contributed by atoms with Crippen molar-refractivity contribution in [2.45, 2.75) is 18.9 Å². The Kier molecular flexibility index (Phi) is 4.40. The van der Waals surface area contributed by atoms with Gasteiger partial charge >= 0.3 is 0 Å². The lowest BCUT2D eigenvalue weighted by molar-refractivity contribution is 0.260. The van der Waals surface area contributed by atoms with E-state index in [2.05, 4.69) is 32.4 Å². The molecule has 3 rings (SSSR count). The summed E-state index contributed by atoms with van der Waals surface area (Å²) >= 11 is 5.82. The number of aromatic hydroxyl groups is 1. The first-order valence-corrected chi connectivity index (χ1v) is 7.63. The number of hydrogen-bond donors (Lipinski definition) is 2. The zero-order valence-electron chi connectivity index (χ0n) is 12.3. The van der Waals surface area contributed by atoms with Gasteiger partial charge in [-0.05, 0) is 44.6 Å². The zero-order chi connectivity index (χ0) is 15.5. The predicted molar refractivity (Wildman–Crippen MR) is 86.1 cm³/mol. The first kappa shape index (κ1) is 15.0. The average Bonchev–Trinajstić information content (AvgIpc) is 2.48. The quantitative estimate of drug-likeness (QED) is 0.905. The molecule has 0 amide bonds. The number of nitrogens with one attached hydrogen (secondary N) is 1. The van der Waals surface area contributed by atoms with Crippen LogP contribution in [0.25, 0.3) is 11.4 Å². The predicted octanol–water partition coefficient (Wildman–Crippen LogP) is 2.40. The topological polar surface area (TPSA) is 74.2 Å². The van der Waals surface area contributed by atoms with E-state index in [-0.39, 0.29) is 5.75 Å². The highest BCUT2D eigenvalue weighted by Gasteiger charge is 2.17.